The number of thiophene rings is 1. The van der Waals surface area contributed by atoms with E-state index in [2.05, 4.69) is 0 Å². The van der Waals surface area contributed by atoms with Crippen LogP contribution in [0.4, 0.5) is 5.69 Å². The zero-order valence-electron chi connectivity index (χ0n) is 13.2. The molecular weight excluding hydrogens is 312 g/mol. The average molecular weight is 334 g/mol. The van der Waals surface area contributed by atoms with Gasteiger partial charge in [-0.05, 0) is 43.6 Å². The fourth-order valence-electron chi connectivity index (χ4n) is 4.15. The Labute approximate surface area is 140 Å². The summed E-state index contributed by atoms with van der Waals surface area (Å²) in [5.74, 6) is 0.282. The maximum atomic E-state index is 13.0. The van der Waals surface area contributed by atoms with E-state index in [-0.39, 0.29) is 23.3 Å². The molecule has 1 aromatic rings. The standard InChI is InChI=1S/C17H22N2O3S/c20-15(14-3-1-9-22-14)18-7-2-5-17(12-18)6-8-19(16(17)21)13-4-10-23-11-13/h4,10-11,14H,1-3,5-9,12H2/t14-,17?/m0/s1. The van der Waals surface area contributed by atoms with Crippen LogP contribution in [0.25, 0.3) is 0 Å². The lowest BCUT2D eigenvalue weighted by Gasteiger charge is -2.39. The molecule has 5 nitrogen and oxygen atoms in total. The van der Waals surface area contributed by atoms with Crippen LogP contribution in [0.2, 0.25) is 0 Å². The molecule has 0 aliphatic carbocycles. The summed E-state index contributed by atoms with van der Waals surface area (Å²) in [6.45, 7) is 2.76. The number of nitrogens with zero attached hydrogens (tertiary/aromatic N) is 2. The number of likely N-dealkylation sites (tertiary alicyclic amines) is 1. The molecule has 4 heterocycles. The van der Waals surface area contributed by atoms with Gasteiger partial charge in [0.05, 0.1) is 11.1 Å². The Morgan fingerprint density at radius 2 is 2.22 bits per heavy atom. The monoisotopic (exact) mass is 334 g/mol. The fraction of sp³-hybridized carbons (Fsp3) is 0.647. The third kappa shape index (κ3) is 2.58. The topological polar surface area (TPSA) is 49.9 Å². The summed E-state index contributed by atoms with van der Waals surface area (Å²) in [5.41, 5.74) is 0.619. The summed E-state index contributed by atoms with van der Waals surface area (Å²) in [5, 5.41) is 4.02. The number of carbonyl (C=O) groups is 2. The predicted molar refractivity (Wildman–Crippen MR) is 88.5 cm³/mol. The Hall–Kier alpha value is -1.40. The van der Waals surface area contributed by atoms with Gasteiger partial charge in [-0.15, -0.1) is 0 Å². The van der Waals surface area contributed by atoms with Crippen molar-refractivity contribution >= 4 is 28.8 Å². The van der Waals surface area contributed by atoms with Gasteiger partial charge in [-0.3, -0.25) is 9.59 Å². The molecule has 2 atom stereocenters. The second kappa shape index (κ2) is 5.91. The van der Waals surface area contributed by atoms with Gasteiger partial charge in [0.15, 0.2) is 0 Å². The Bertz CT molecular complexity index is 597. The van der Waals surface area contributed by atoms with Crippen LogP contribution in [0.1, 0.15) is 32.1 Å². The highest BCUT2D eigenvalue weighted by molar-refractivity contribution is 7.08. The number of carbonyl (C=O) groups excluding carboxylic acids is 2. The van der Waals surface area contributed by atoms with Crippen LogP contribution < -0.4 is 4.90 Å². The molecule has 0 radical (unpaired) electrons. The minimum Gasteiger partial charge on any atom is -0.368 e. The lowest BCUT2D eigenvalue weighted by atomic mass is 9.78. The summed E-state index contributed by atoms with van der Waals surface area (Å²) in [6, 6.07) is 2.00. The van der Waals surface area contributed by atoms with Gasteiger partial charge in [-0.1, -0.05) is 0 Å². The molecule has 0 N–H and O–H groups in total. The first kappa shape index (κ1) is 15.1. The van der Waals surface area contributed by atoms with Crippen molar-refractivity contribution < 1.29 is 14.3 Å². The SMILES string of the molecule is O=C([C@@H]1CCCO1)N1CCCC2(CCN(c3ccsc3)C2=O)C1. The normalized spacial score (nSPS) is 31.3. The van der Waals surface area contributed by atoms with E-state index in [4.69, 9.17) is 4.74 Å². The molecule has 0 saturated carbocycles. The van der Waals surface area contributed by atoms with Crippen molar-refractivity contribution in [2.75, 3.05) is 31.1 Å². The van der Waals surface area contributed by atoms with Crippen molar-refractivity contribution in [3.63, 3.8) is 0 Å². The van der Waals surface area contributed by atoms with Gasteiger partial charge in [-0.25, -0.2) is 0 Å². The Morgan fingerprint density at radius 1 is 1.30 bits per heavy atom. The van der Waals surface area contributed by atoms with Crippen LogP contribution in [0.5, 0.6) is 0 Å². The first-order valence-corrected chi connectivity index (χ1v) is 9.38. The zero-order valence-corrected chi connectivity index (χ0v) is 14.0. The van der Waals surface area contributed by atoms with Crippen LogP contribution in [0, 0.1) is 5.41 Å². The lowest BCUT2D eigenvalue weighted by Crippen LogP contribution is -2.52. The first-order valence-electron chi connectivity index (χ1n) is 8.44. The summed E-state index contributed by atoms with van der Waals surface area (Å²) >= 11 is 1.61. The van der Waals surface area contributed by atoms with Crippen molar-refractivity contribution in [2.45, 2.75) is 38.2 Å². The van der Waals surface area contributed by atoms with Crippen molar-refractivity contribution in [3.8, 4) is 0 Å². The van der Waals surface area contributed by atoms with E-state index in [0.717, 1.165) is 50.9 Å². The minimum absolute atomic E-state index is 0.0864. The number of hydrogen-bond donors (Lipinski definition) is 0. The van der Waals surface area contributed by atoms with Gasteiger partial charge < -0.3 is 14.5 Å². The van der Waals surface area contributed by atoms with Crippen LogP contribution in [-0.4, -0.2) is 49.1 Å². The Morgan fingerprint density at radius 3 is 2.96 bits per heavy atom. The molecule has 2 amide bonds. The average Bonchev–Trinajstić information content (AvgIpc) is 3.31. The molecule has 0 aromatic carbocycles. The van der Waals surface area contributed by atoms with Gasteiger partial charge in [0.1, 0.15) is 6.10 Å². The van der Waals surface area contributed by atoms with Crippen molar-refractivity contribution in [2.24, 2.45) is 5.41 Å². The summed E-state index contributed by atoms with van der Waals surface area (Å²) in [7, 11) is 0. The second-order valence-corrected chi connectivity index (χ2v) is 7.61. The highest BCUT2D eigenvalue weighted by atomic mass is 32.1. The van der Waals surface area contributed by atoms with Gasteiger partial charge in [0.2, 0.25) is 5.91 Å². The second-order valence-electron chi connectivity index (χ2n) is 6.83. The van der Waals surface area contributed by atoms with Crippen LogP contribution in [0.15, 0.2) is 16.8 Å². The van der Waals surface area contributed by atoms with E-state index in [1.54, 1.807) is 11.3 Å². The van der Waals surface area contributed by atoms with Crippen molar-refractivity contribution in [1.82, 2.24) is 4.90 Å². The zero-order chi connectivity index (χ0) is 15.9. The molecule has 3 fully saturated rings. The number of amides is 2. The largest absolute Gasteiger partial charge is 0.368 e. The molecule has 124 valence electrons. The summed E-state index contributed by atoms with van der Waals surface area (Å²) in [4.78, 5) is 29.4. The van der Waals surface area contributed by atoms with Crippen LogP contribution in [-0.2, 0) is 14.3 Å². The van der Waals surface area contributed by atoms with Gasteiger partial charge in [0, 0.05) is 31.6 Å². The predicted octanol–water partition coefficient (Wildman–Crippen LogP) is 2.27. The first-order chi connectivity index (χ1) is 11.2. The summed E-state index contributed by atoms with van der Waals surface area (Å²) < 4.78 is 5.54. The molecule has 3 aliphatic heterocycles. The third-order valence-electron chi connectivity index (χ3n) is 5.42. The van der Waals surface area contributed by atoms with Gasteiger partial charge in [-0.2, -0.15) is 11.3 Å². The number of anilines is 1. The van der Waals surface area contributed by atoms with Crippen molar-refractivity contribution in [3.05, 3.63) is 16.8 Å². The van der Waals surface area contributed by atoms with Crippen molar-refractivity contribution in [1.29, 1.82) is 0 Å². The van der Waals surface area contributed by atoms with Gasteiger partial charge >= 0.3 is 0 Å². The molecule has 4 rings (SSSR count). The molecule has 6 heteroatoms. The van der Waals surface area contributed by atoms with Crippen LogP contribution in [0.3, 0.4) is 0 Å². The van der Waals surface area contributed by atoms with E-state index in [1.807, 2.05) is 26.6 Å². The highest BCUT2D eigenvalue weighted by Crippen LogP contribution is 2.42. The fourth-order valence-corrected chi connectivity index (χ4v) is 4.79. The molecule has 1 spiro atoms. The maximum absolute atomic E-state index is 13.0. The molecule has 23 heavy (non-hydrogen) atoms. The molecule has 1 aromatic heterocycles. The molecule has 1 unspecified atom stereocenters. The Kier molecular flexibility index (Phi) is 3.89. The van der Waals surface area contributed by atoms with Crippen LogP contribution >= 0.6 is 11.3 Å². The number of ether oxygens (including phenoxy) is 1. The molecule has 3 aliphatic rings. The molecular formula is C17H22N2O3S. The summed E-state index contributed by atoms with van der Waals surface area (Å²) in [6.07, 6.45) is 4.13. The van der Waals surface area contributed by atoms with E-state index < -0.39 is 0 Å². The Balaban J connectivity index is 1.50. The third-order valence-corrected chi connectivity index (χ3v) is 6.10. The van der Waals surface area contributed by atoms with Gasteiger partial charge in [0.25, 0.3) is 5.91 Å². The number of hydrogen-bond acceptors (Lipinski definition) is 4. The van der Waals surface area contributed by atoms with E-state index in [1.165, 1.54) is 0 Å². The quantitative estimate of drug-likeness (QED) is 0.834. The number of piperidine rings is 1. The molecule has 0 bridgehead atoms. The lowest BCUT2D eigenvalue weighted by molar-refractivity contribution is -0.146. The van der Waals surface area contributed by atoms with E-state index in [0.29, 0.717) is 13.2 Å². The van der Waals surface area contributed by atoms with E-state index in [9.17, 15) is 9.59 Å². The number of rotatable bonds is 2. The maximum Gasteiger partial charge on any atom is 0.251 e. The minimum atomic E-state index is -0.381. The molecule has 3 saturated heterocycles. The highest BCUT2D eigenvalue weighted by Gasteiger charge is 2.50. The smallest absolute Gasteiger partial charge is 0.251 e. The van der Waals surface area contributed by atoms with E-state index >= 15 is 0 Å².